The molecule has 0 saturated carbocycles. The fraction of sp³-hybridized carbons (Fsp3) is 0.417. The number of anilines is 1. The lowest BCUT2D eigenvalue weighted by molar-refractivity contribution is -0.121. The number of benzene rings is 1. The van der Waals surface area contributed by atoms with E-state index in [2.05, 4.69) is 23.6 Å². The highest BCUT2D eigenvalue weighted by Crippen LogP contribution is 2.16. The molecule has 3 nitrogen and oxygen atoms in total. The van der Waals surface area contributed by atoms with Crippen molar-refractivity contribution in [1.82, 2.24) is 5.32 Å². The highest BCUT2D eigenvalue weighted by molar-refractivity contribution is 5.84. The van der Waals surface area contributed by atoms with E-state index in [4.69, 9.17) is 0 Å². The van der Waals surface area contributed by atoms with Crippen LogP contribution in [0.25, 0.3) is 0 Å². The molecule has 0 saturated heterocycles. The SMILES string of the molecule is CNC(=O)[C@@H](C)Nc1ccc(C)cc1C. The van der Waals surface area contributed by atoms with Crippen LogP contribution < -0.4 is 10.6 Å². The van der Waals surface area contributed by atoms with Gasteiger partial charge in [0.15, 0.2) is 0 Å². The average molecular weight is 206 g/mol. The van der Waals surface area contributed by atoms with Gasteiger partial charge in [0.1, 0.15) is 6.04 Å². The summed E-state index contributed by atoms with van der Waals surface area (Å²) in [6.45, 7) is 5.93. The van der Waals surface area contributed by atoms with Crippen molar-refractivity contribution >= 4 is 11.6 Å². The zero-order chi connectivity index (χ0) is 11.4. The lowest BCUT2D eigenvalue weighted by Gasteiger charge is -2.15. The van der Waals surface area contributed by atoms with E-state index >= 15 is 0 Å². The number of carbonyl (C=O) groups excluding carboxylic acids is 1. The van der Waals surface area contributed by atoms with Crippen molar-refractivity contribution in [3.05, 3.63) is 29.3 Å². The van der Waals surface area contributed by atoms with Gasteiger partial charge in [-0.1, -0.05) is 17.7 Å². The van der Waals surface area contributed by atoms with Crippen molar-refractivity contribution in [2.24, 2.45) is 0 Å². The van der Waals surface area contributed by atoms with Crippen LogP contribution in [0.2, 0.25) is 0 Å². The number of hydrogen-bond acceptors (Lipinski definition) is 2. The van der Waals surface area contributed by atoms with E-state index in [9.17, 15) is 4.79 Å². The normalized spacial score (nSPS) is 12.0. The van der Waals surface area contributed by atoms with Crippen LogP contribution in [0, 0.1) is 13.8 Å². The predicted molar refractivity (Wildman–Crippen MR) is 63.1 cm³/mol. The van der Waals surface area contributed by atoms with Gasteiger partial charge in [-0.2, -0.15) is 0 Å². The van der Waals surface area contributed by atoms with E-state index < -0.39 is 0 Å². The van der Waals surface area contributed by atoms with E-state index in [1.54, 1.807) is 7.05 Å². The number of carbonyl (C=O) groups is 1. The number of hydrogen-bond donors (Lipinski definition) is 2. The van der Waals surface area contributed by atoms with Crippen LogP contribution in [0.5, 0.6) is 0 Å². The minimum absolute atomic E-state index is 0.00465. The second-order valence-electron chi connectivity index (χ2n) is 3.80. The van der Waals surface area contributed by atoms with Crippen LogP contribution in [0.15, 0.2) is 18.2 Å². The first-order valence-electron chi connectivity index (χ1n) is 5.10. The summed E-state index contributed by atoms with van der Waals surface area (Å²) >= 11 is 0. The highest BCUT2D eigenvalue weighted by atomic mass is 16.2. The Kier molecular flexibility index (Phi) is 3.72. The summed E-state index contributed by atoms with van der Waals surface area (Å²) in [4.78, 5) is 11.3. The first kappa shape index (κ1) is 11.6. The summed E-state index contributed by atoms with van der Waals surface area (Å²) in [5.41, 5.74) is 3.40. The second kappa shape index (κ2) is 4.82. The molecule has 3 heteroatoms. The topological polar surface area (TPSA) is 41.1 Å². The minimum Gasteiger partial charge on any atom is -0.374 e. The smallest absolute Gasteiger partial charge is 0.241 e. The van der Waals surface area contributed by atoms with Gasteiger partial charge in [0.05, 0.1) is 0 Å². The predicted octanol–water partition coefficient (Wildman–Crippen LogP) is 1.85. The Morgan fingerprint density at radius 2 is 2.00 bits per heavy atom. The maximum absolute atomic E-state index is 11.3. The maximum Gasteiger partial charge on any atom is 0.241 e. The van der Waals surface area contributed by atoms with Crippen molar-refractivity contribution in [2.75, 3.05) is 12.4 Å². The Morgan fingerprint density at radius 3 is 2.53 bits per heavy atom. The first-order valence-corrected chi connectivity index (χ1v) is 5.10. The molecule has 1 rings (SSSR count). The van der Waals surface area contributed by atoms with E-state index in [0.717, 1.165) is 11.3 Å². The lowest BCUT2D eigenvalue weighted by Crippen LogP contribution is -2.35. The van der Waals surface area contributed by atoms with Gasteiger partial charge >= 0.3 is 0 Å². The van der Waals surface area contributed by atoms with Crippen molar-refractivity contribution < 1.29 is 4.79 Å². The molecule has 0 aliphatic heterocycles. The van der Waals surface area contributed by atoms with Gasteiger partial charge in [-0.3, -0.25) is 4.79 Å². The van der Waals surface area contributed by atoms with Crippen molar-refractivity contribution in [3.8, 4) is 0 Å². The van der Waals surface area contributed by atoms with E-state index in [1.807, 2.05) is 26.0 Å². The zero-order valence-corrected chi connectivity index (χ0v) is 9.72. The Labute approximate surface area is 90.9 Å². The molecule has 0 aliphatic rings. The van der Waals surface area contributed by atoms with Gasteiger partial charge in [0.25, 0.3) is 0 Å². The molecule has 0 fully saturated rings. The van der Waals surface area contributed by atoms with Crippen LogP contribution in [0.1, 0.15) is 18.1 Å². The highest BCUT2D eigenvalue weighted by Gasteiger charge is 2.10. The van der Waals surface area contributed by atoms with Crippen molar-refractivity contribution in [2.45, 2.75) is 26.8 Å². The summed E-state index contributed by atoms with van der Waals surface area (Å²) in [5.74, 6) is -0.00465. The van der Waals surface area contributed by atoms with E-state index in [-0.39, 0.29) is 11.9 Å². The Hall–Kier alpha value is -1.51. The number of rotatable bonds is 3. The third-order valence-corrected chi connectivity index (χ3v) is 2.39. The molecule has 0 bridgehead atoms. The molecule has 0 radical (unpaired) electrons. The molecule has 0 spiro atoms. The molecule has 0 unspecified atom stereocenters. The first-order chi connectivity index (χ1) is 7.04. The van der Waals surface area contributed by atoms with Crippen LogP contribution in [0.4, 0.5) is 5.69 Å². The molecule has 1 atom stereocenters. The lowest BCUT2D eigenvalue weighted by atomic mass is 10.1. The standard InChI is InChI=1S/C12H18N2O/c1-8-5-6-11(9(2)7-8)14-10(3)12(15)13-4/h5-7,10,14H,1-4H3,(H,13,15)/t10-/m1/s1. The van der Waals surface area contributed by atoms with Gasteiger partial charge in [-0.25, -0.2) is 0 Å². The van der Waals surface area contributed by atoms with Gasteiger partial charge < -0.3 is 10.6 Å². The van der Waals surface area contributed by atoms with Crippen molar-refractivity contribution in [3.63, 3.8) is 0 Å². The largest absolute Gasteiger partial charge is 0.374 e. The van der Waals surface area contributed by atoms with E-state index in [1.165, 1.54) is 5.56 Å². The van der Waals surface area contributed by atoms with Crippen LogP contribution in [-0.2, 0) is 4.79 Å². The second-order valence-corrected chi connectivity index (χ2v) is 3.80. The molecule has 82 valence electrons. The molecule has 0 aliphatic carbocycles. The Balaban J connectivity index is 2.76. The van der Waals surface area contributed by atoms with E-state index in [0.29, 0.717) is 0 Å². The zero-order valence-electron chi connectivity index (χ0n) is 9.72. The number of likely N-dealkylation sites (N-methyl/N-ethyl adjacent to an activating group) is 1. The fourth-order valence-corrected chi connectivity index (χ4v) is 1.49. The third-order valence-electron chi connectivity index (χ3n) is 2.39. The van der Waals surface area contributed by atoms with Crippen molar-refractivity contribution in [1.29, 1.82) is 0 Å². The summed E-state index contributed by atoms with van der Waals surface area (Å²) in [6.07, 6.45) is 0. The average Bonchev–Trinajstić information content (AvgIpc) is 2.20. The molecule has 15 heavy (non-hydrogen) atoms. The summed E-state index contributed by atoms with van der Waals surface area (Å²) < 4.78 is 0. The van der Waals surface area contributed by atoms with Gasteiger partial charge in [-0.05, 0) is 32.4 Å². The van der Waals surface area contributed by atoms with Gasteiger partial charge in [-0.15, -0.1) is 0 Å². The molecule has 1 aromatic carbocycles. The summed E-state index contributed by atoms with van der Waals surface area (Å²) in [7, 11) is 1.64. The van der Waals surface area contributed by atoms with Gasteiger partial charge in [0.2, 0.25) is 5.91 Å². The van der Waals surface area contributed by atoms with Crippen LogP contribution in [-0.4, -0.2) is 19.0 Å². The molecule has 1 amide bonds. The molecular weight excluding hydrogens is 188 g/mol. The van der Waals surface area contributed by atoms with Crippen LogP contribution >= 0.6 is 0 Å². The Bertz CT molecular complexity index is 361. The third kappa shape index (κ3) is 2.98. The molecular formula is C12H18N2O. The number of nitrogens with one attached hydrogen (secondary N) is 2. The maximum atomic E-state index is 11.3. The fourth-order valence-electron chi connectivity index (χ4n) is 1.49. The monoisotopic (exact) mass is 206 g/mol. The number of amides is 1. The molecule has 0 aromatic heterocycles. The number of aryl methyl sites for hydroxylation is 2. The van der Waals surface area contributed by atoms with Crippen LogP contribution in [0.3, 0.4) is 0 Å². The summed E-state index contributed by atoms with van der Waals surface area (Å²) in [5, 5.41) is 5.79. The molecule has 1 aromatic rings. The van der Waals surface area contributed by atoms with Gasteiger partial charge in [0, 0.05) is 12.7 Å². The Morgan fingerprint density at radius 1 is 1.33 bits per heavy atom. The molecule has 2 N–H and O–H groups in total. The summed E-state index contributed by atoms with van der Waals surface area (Å²) in [6, 6.07) is 5.92. The minimum atomic E-state index is -0.212. The quantitative estimate of drug-likeness (QED) is 0.792. The molecule has 0 heterocycles.